The summed E-state index contributed by atoms with van der Waals surface area (Å²) in [5.41, 5.74) is 4.73. The number of aliphatic carboxylic acids is 1. The largest absolute Gasteiger partial charge is 1.00 e. The third-order valence-corrected chi connectivity index (χ3v) is 5.24. The Morgan fingerprint density at radius 1 is 1.16 bits per heavy atom. The van der Waals surface area contributed by atoms with Gasteiger partial charge in [-0.3, -0.25) is 0 Å². The van der Waals surface area contributed by atoms with Crippen LogP contribution in [0, 0.1) is 12.7 Å². The minimum atomic E-state index is -1.36. The Labute approximate surface area is 209 Å². The van der Waals surface area contributed by atoms with Crippen molar-refractivity contribution in [2.45, 2.75) is 51.9 Å². The molecule has 0 fully saturated rings. The number of carbonyl (C=O) groups is 1. The molecular weight excluding hydrogens is 420 g/mol. The number of hydrogen-bond donors (Lipinski definition) is 2. The Hall–Kier alpha value is -1.96. The van der Waals surface area contributed by atoms with E-state index in [1.807, 2.05) is 13.0 Å². The Kier molecular flexibility index (Phi) is 9.25. The van der Waals surface area contributed by atoms with Crippen molar-refractivity contribution in [1.29, 1.82) is 0 Å². The summed E-state index contributed by atoms with van der Waals surface area (Å²) >= 11 is 0. The monoisotopic (exact) mass is 447 g/mol. The van der Waals surface area contributed by atoms with Gasteiger partial charge in [-0.25, -0.2) is 4.39 Å². The van der Waals surface area contributed by atoms with Crippen LogP contribution in [0.3, 0.4) is 0 Å². The second kappa shape index (κ2) is 11.3. The van der Waals surface area contributed by atoms with Crippen molar-refractivity contribution < 1.29 is 54.1 Å². The molecule has 0 radical (unpaired) electrons. The molecule has 3 rings (SSSR count). The van der Waals surface area contributed by atoms with Crippen LogP contribution in [-0.4, -0.2) is 33.0 Å². The van der Waals surface area contributed by atoms with Gasteiger partial charge in [0.1, 0.15) is 5.82 Å². The first kappa shape index (κ1) is 26.3. The SMILES string of the molecule is Cc1ccc2c(c1)c(-c1ccc(F)cc1)c(/C=C/[C@H](O)C[C@H](O)CC(=O)[O-])n2C(C)C.[Na+]. The molecule has 0 aliphatic rings. The molecule has 7 heteroatoms. The molecule has 32 heavy (non-hydrogen) atoms. The summed E-state index contributed by atoms with van der Waals surface area (Å²) in [6.45, 7) is 6.13. The van der Waals surface area contributed by atoms with Crippen LogP contribution in [0.15, 0.2) is 48.5 Å². The predicted molar refractivity (Wildman–Crippen MR) is 118 cm³/mol. The summed E-state index contributed by atoms with van der Waals surface area (Å²) in [6, 6.07) is 12.6. The zero-order valence-electron chi connectivity index (χ0n) is 18.9. The van der Waals surface area contributed by atoms with Gasteiger partial charge in [-0.1, -0.05) is 29.8 Å². The molecule has 5 nitrogen and oxygen atoms in total. The van der Waals surface area contributed by atoms with Gasteiger partial charge in [-0.15, -0.1) is 0 Å². The molecule has 3 aromatic rings. The van der Waals surface area contributed by atoms with Crippen LogP contribution in [0.5, 0.6) is 0 Å². The average molecular weight is 447 g/mol. The van der Waals surface area contributed by atoms with Gasteiger partial charge in [0.2, 0.25) is 0 Å². The first-order valence-electron chi connectivity index (χ1n) is 10.3. The van der Waals surface area contributed by atoms with E-state index in [-0.39, 0.29) is 47.8 Å². The number of rotatable bonds is 8. The van der Waals surface area contributed by atoms with Crippen LogP contribution in [0.2, 0.25) is 0 Å². The van der Waals surface area contributed by atoms with Gasteiger partial charge in [0.05, 0.1) is 12.2 Å². The second-order valence-electron chi connectivity index (χ2n) is 8.14. The predicted octanol–water partition coefficient (Wildman–Crippen LogP) is 0.606. The standard InChI is InChI=1S/C25H28FNO4.Na/c1-15(2)27-22-10-4-16(3)12-21(22)25(17-5-7-18(26)8-6-17)23(27)11-9-19(28)13-20(29)14-24(30)31;/h4-12,15,19-20,28-29H,13-14H2,1-3H3,(H,30,31);/q;+1/p-1/b11-9+;/t19-,20-;/m0./s1. The number of aryl methyl sites for hydroxylation is 1. The topological polar surface area (TPSA) is 85.5 Å². The summed E-state index contributed by atoms with van der Waals surface area (Å²) in [5, 5.41) is 31.8. The maximum absolute atomic E-state index is 13.6. The van der Waals surface area contributed by atoms with Crippen LogP contribution in [0.1, 0.15) is 44.0 Å². The fourth-order valence-electron chi connectivity index (χ4n) is 3.92. The van der Waals surface area contributed by atoms with E-state index in [4.69, 9.17) is 0 Å². The average Bonchev–Trinajstić information content (AvgIpc) is 2.99. The number of halogens is 1. The fourth-order valence-corrected chi connectivity index (χ4v) is 3.92. The number of carboxylic acid groups (broad SMARTS) is 1. The molecule has 0 unspecified atom stereocenters. The Morgan fingerprint density at radius 2 is 1.81 bits per heavy atom. The van der Waals surface area contributed by atoms with Crippen molar-refractivity contribution in [2.75, 3.05) is 0 Å². The van der Waals surface area contributed by atoms with Gasteiger partial charge >= 0.3 is 29.6 Å². The number of aliphatic hydroxyl groups is 2. The van der Waals surface area contributed by atoms with Crippen molar-refractivity contribution in [1.82, 2.24) is 4.57 Å². The molecule has 0 amide bonds. The summed E-state index contributed by atoms with van der Waals surface area (Å²) in [7, 11) is 0. The number of fused-ring (bicyclic) bond motifs is 1. The number of aromatic nitrogens is 1. The molecule has 0 bridgehead atoms. The number of nitrogens with zero attached hydrogens (tertiary/aromatic N) is 1. The molecule has 164 valence electrons. The fraction of sp³-hybridized carbons (Fsp3) is 0.320. The number of benzene rings is 2. The first-order valence-corrected chi connectivity index (χ1v) is 10.3. The number of aliphatic hydroxyl groups excluding tert-OH is 2. The van der Waals surface area contributed by atoms with Crippen molar-refractivity contribution in [2.24, 2.45) is 0 Å². The Balaban J connectivity index is 0.00000363. The minimum absolute atomic E-state index is 0. The van der Waals surface area contributed by atoms with E-state index in [2.05, 4.69) is 30.5 Å². The van der Waals surface area contributed by atoms with E-state index >= 15 is 0 Å². The van der Waals surface area contributed by atoms with Gasteiger partial charge < -0.3 is 24.7 Å². The van der Waals surface area contributed by atoms with E-state index in [0.29, 0.717) is 0 Å². The van der Waals surface area contributed by atoms with Gasteiger partial charge in [-0.2, -0.15) is 0 Å². The normalized spacial score (nSPS) is 13.5. The quantitative estimate of drug-likeness (QED) is 0.496. The van der Waals surface area contributed by atoms with E-state index in [1.165, 1.54) is 12.1 Å². The van der Waals surface area contributed by atoms with Crippen LogP contribution >= 0.6 is 0 Å². The van der Waals surface area contributed by atoms with E-state index in [0.717, 1.165) is 33.3 Å². The molecule has 0 saturated carbocycles. The van der Waals surface area contributed by atoms with Crippen LogP contribution in [0.25, 0.3) is 28.1 Å². The number of carboxylic acids is 1. The summed E-state index contributed by atoms with van der Waals surface area (Å²) < 4.78 is 15.7. The molecule has 0 aliphatic heterocycles. The Morgan fingerprint density at radius 3 is 2.41 bits per heavy atom. The smallest absolute Gasteiger partial charge is 0.550 e. The van der Waals surface area contributed by atoms with Gasteiger partial charge in [0.25, 0.3) is 0 Å². The van der Waals surface area contributed by atoms with Gasteiger partial charge in [0, 0.05) is 47.0 Å². The third-order valence-electron chi connectivity index (χ3n) is 5.24. The molecule has 0 aliphatic carbocycles. The van der Waals surface area contributed by atoms with Crippen LogP contribution < -0.4 is 34.7 Å². The zero-order valence-corrected chi connectivity index (χ0v) is 20.9. The third kappa shape index (κ3) is 6.09. The van der Waals surface area contributed by atoms with Crippen molar-refractivity contribution in [3.8, 4) is 11.1 Å². The minimum Gasteiger partial charge on any atom is -0.550 e. The maximum Gasteiger partial charge on any atom is 1.00 e. The molecule has 2 N–H and O–H groups in total. The van der Waals surface area contributed by atoms with Crippen molar-refractivity contribution in [3.05, 3.63) is 65.6 Å². The Bertz CT molecular complexity index is 1110. The van der Waals surface area contributed by atoms with Gasteiger partial charge in [0.15, 0.2) is 0 Å². The van der Waals surface area contributed by atoms with E-state index < -0.39 is 24.6 Å². The van der Waals surface area contributed by atoms with Crippen molar-refractivity contribution in [3.63, 3.8) is 0 Å². The van der Waals surface area contributed by atoms with Crippen molar-refractivity contribution >= 4 is 22.9 Å². The van der Waals surface area contributed by atoms with E-state index in [9.17, 15) is 24.5 Å². The molecule has 1 aromatic heterocycles. The second-order valence-corrected chi connectivity index (χ2v) is 8.14. The van der Waals surface area contributed by atoms with Crippen LogP contribution in [0.4, 0.5) is 4.39 Å². The molecule has 0 spiro atoms. The van der Waals surface area contributed by atoms with E-state index in [1.54, 1.807) is 24.3 Å². The van der Waals surface area contributed by atoms with Gasteiger partial charge in [-0.05, 0) is 56.7 Å². The summed E-state index contributed by atoms with van der Waals surface area (Å²) in [4.78, 5) is 10.6. The summed E-state index contributed by atoms with van der Waals surface area (Å²) in [6.07, 6.45) is 0.459. The summed E-state index contributed by atoms with van der Waals surface area (Å²) in [5.74, 6) is -1.68. The molecule has 1 heterocycles. The molecule has 0 saturated heterocycles. The molecule has 2 atom stereocenters. The first-order chi connectivity index (χ1) is 14.7. The zero-order chi connectivity index (χ0) is 22.7. The molecule has 2 aromatic carbocycles. The van der Waals surface area contributed by atoms with Crippen LogP contribution in [-0.2, 0) is 4.79 Å². The number of hydrogen-bond acceptors (Lipinski definition) is 4. The molecular formula is C25H27FNNaO4. The number of carbonyl (C=O) groups excluding carboxylic acids is 1. The maximum atomic E-state index is 13.6.